The Labute approximate surface area is 107 Å². The second-order valence-electron chi connectivity index (χ2n) is 3.72. The summed E-state index contributed by atoms with van der Waals surface area (Å²) in [4.78, 5) is 0.418. The number of sulfonamides is 1. The maximum absolute atomic E-state index is 12.2. The van der Waals surface area contributed by atoms with Gasteiger partial charge in [0, 0.05) is 13.1 Å². The molecule has 1 aromatic rings. The molecule has 0 N–H and O–H groups in total. The zero-order valence-corrected chi connectivity index (χ0v) is 11.8. The Balaban J connectivity index is 3.07. The summed E-state index contributed by atoms with van der Waals surface area (Å²) < 4.78 is 26.1. The fourth-order valence-electron chi connectivity index (χ4n) is 1.66. The van der Waals surface area contributed by atoms with Crippen LogP contribution in [0.4, 0.5) is 0 Å². The van der Waals surface area contributed by atoms with E-state index in [1.165, 1.54) is 16.4 Å². The fourth-order valence-corrected chi connectivity index (χ4v) is 4.45. The highest BCUT2D eigenvalue weighted by molar-refractivity contribution is 7.91. The number of rotatable bonds is 5. The largest absolute Gasteiger partial charge is 0.252 e. The molecule has 0 aliphatic carbocycles. The molecule has 0 radical (unpaired) electrons. The molecule has 0 atom stereocenters. The van der Waals surface area contributed by atoms with E-state index >= 15 is 0 Å². The van der Waals surface area contributed by atoms with Crippen molar-refractivity contribution in [2.45, 2.75) is 36.9 Å². The van der Waals surface area contributed by atoms with E-state index in [0.29, 0.717) is 4.88 Å². The summed E-state index contributed by atoms with van der Waals surface area (Å²) in [5.74, 6) is 0. The van der Waals surface area contributed by atoms with Crippen LogP contribution in [-0.2, 0) is 10.0 Å². The van der Waals surface area contributed by atoms with E-state index in [1.54, 1.807) is 7.05 Å². The zero-order chi connectivity index (χ0) is 13.1. The van der Waals surface area contributed by atoms with Gasteiger partial charge in [-0.05, 0) is 25.0 Å². The van der Waals surface area contributed by atoms with Gasteiger partial charge in [0.25, 0.3) is 10.0 Å². The number of hydrogen-bond acceptors (Lipinski definition) is 4. The summed E-state index contributed by atoms with van der Waals surface area (Å²) in [7, 11) is -1.85. The minimum Gasteiger partial charge on any atom is -0.206 e. The van der Waals surface area contributed by atoms with Crippen molar-refractivity contribution in [2.24, 2.45) is 0 Å². The lowest BCUT2D eigenvalue weighted by atomic mass is 10.2. The van der Waals surface area contributed by atoms with Crippen LogP contribution in [0.2, 0.25) is 0 Å². The van der Waals surface area contributed by atoms with Crippen molar-refractivity contribution < 1.29 is 8.42 Å². The Bertz CT molecular complexity index is 510. The smallest absolute Gasteiger partial charge is 0.206 e. The number of nitriles is 1. The maximum atomic E-state index is 12.2. The van der Waals surface area contributed by atoms with Crippen molar-refractivity contribution in [3.63, 3.8) is 0 Å². The van der Waals surface area contributed by atoms with Gasteiger partial charge in [0.15, 0.2) is 0 Å². The second-order valence-corrected chi connectivity index (χ2v) is 7.03. The Morgan fingerprint density at radius 2 is 2.00 bits per heavy atom. The maximum Gasteiger partial charge on any atom is 0.252 e. The first-order valence-electron chi connectivity index (χ1n) is 5.45. The average Bonchev–Trinajstić information content (AvgIpc) is 2.79. The van der Waals surface area contributed by atoms with Crippen molar-refractivity contribution in [3.8, 4) is 6.07 Å². The lowest BCUT2D eigenvalue weighted by Crippen LogP contribution is -2.35. The summed E-state index contributed by atoms with van der Waals surface area (Å²) in [6, 6.07) is 5.00. The number of nitrogens with zero attached hydrogens (tertiary/aromatic N) is 2. The molecule has 6 heteroatoms. The minimum atomic E-state index is -3.45. The summed E-state index contributed by atoms with van der Waals surface area (Å²) in [6.45, 7) is 3.94. The number of hydrogen-bond donors (Lipinski definition) is 0. The normalized spacial score (nSPS) is 12.0. The van der Waals surface area contributed by atoms with Gasteiger partial charge in [-0.1, -0.05) is 13.8 Å². The molecule has 1 aromatic heterocycles. The molecule has 0 amide bonds. The molecule has 1 heterocycles. The standard InChI is InChI=1S/C11H16N2O2S2/c1-4-9(5-2)13(3)17(14,15)11-7-6-10(8-12)16-11/h6-7,9H,4-5H2,1-3H3. The SMILES string of the molecule is CCC(CC)N(C)S(=O)(=O)c1ccc(C#N)s1. The monoisotopic (exact) mass is 272 g/mol. The van der Waals surface area contributed by atoms with E-state index in [9.17, 15) is 8.42 Å². The third-order valence-corrected chi connectivity index (χ3v) is 6.15. The van der Waals surface area contributed by atoms with E-state index in [-0.39, 0.29) is 10.3 Å². The predicted octanol–water partition coefficient (Wildman–Crippen LogP) is 2.43. The van der Waals surface area contributed by atoms with Gasteiger partial charge in [-0.25, -0.2) is 8.42 Å². The first kappa shape index (κ1) is 14.2. The van der Waals surface area contributed by atoms with Gasteiger partial charge in [0.2, 0.25) is 0 Å². The molecule has 0 aromatic carbocycles. The van der Waals surface area contributed by atoms with Crippen LogP contribution in [0.3, 0.4) is 0 Å². The molecule has 94 valence electrons. The van der Waals surface area contributed by atoms with Gasteiger partial charge >= 0.3 is 0 Å². The molecule has 17 heavy (non-hydrogen) atoms. The lowest BCUT2D eigenvalue weighted by Gasteiger charge is -2.24. The molecular formula is C11H16N2O2S2. The van der Waals surface area contributed by atoms with Crippen LogP contribution in [-0.4, -0.2) is 25.8 Å². The summed E-state index contributed by atoms with van der Waals surface area (Å²) in [5, 5.41) is 8.71. The van der Waals surface area contributed by atoms with E-state index in [1.807, 2.05) is 19.9 Å². The van der Waals surface area contributed by atoms with E-state index in [4.69, 9.17) is 5.26 Å². The second kappa shape index (κ2) is 5.63. The van der Waals surface area contributed by atoms with E-state index in [2.05, 4.69) is 0 Å². The van der Waals surface area contributed by atoms with Crippen LogP contribution >= 0.6 is 11.3 Å². The Kier molecular flexibility index (Phi) is 4.69. The fraction of sp³-hybridized carbons (Fsp3) is 0.545. The highest BCUT2D eigenvalue weighted by Crippen LogP contribution is 2.26. The number of thiophene rings is 1. The molecule has 4 nitrogen and oxygen atoms in total. The van der Waals surface area contributed by atoms with Crippen LogP contribution in [0.5, 0.6) is 0 Å². The zero-order valence-electron chi connectivity index (χ0n) is 10.2. The molecule has 0 unspecified atom stereocenters. The average molecular weight is 272 g/mol. The third-order valence-electron chi connectivity index (χ3n) is 2.78. The van der Waals surface area contributed by atoms with Gasteiger partial charge in [-0.3, -0.25) is 0 Å². The van der Waals surface area contributed by atoms with Gasteiger partial charge in [-0.2, -0.15) is 9.57 Å². The molecule has 0 saturated carbocycles. The molecule has 0 saturated heterocycles. The summed E-state index contributed by atoms with van der Waals surface area (Å²) >= 11 is 1.02. The van der Waals surface area contributed by atoms with Crippen molar-refractivity contribution in [1.82, 2.24) is 4.31 Å². The topological polar surface area (TPSA) is 61.2 Å². The molecule has 1 rings (SSSR count). The Hall–Kier alpha value is -0.900. The van der Waals surface area contributed by atoms with Gasteiger partial charge in [0.05, 0.1) is 0 Å². The third kappa shape index (κ3) is 2.86. The van der Waals surface area contributed by atoms with E-state index < -0.39 is 10.0 Å². The van der Waals surface area contributed by atoms with Gasteiger partial charge < -0.3 is 0 Å². The quantitative estimate of drug-likeness (QED) is 0.827. The van der Waals surface area contributed by atoms with Crippen LogP contribution in [0.25, 0.3) is 0 Å². The molecule has 0 bridgehead atoms. The van der Waals surface area contributed by atoms with Crippen LogP contribution in [0.15, 0.2) is 16.3 Å². The lowest BCUT2D eigenvalue weighted by molar-refractivity contribution is 0.350. The summed E-state index contributed by atoms with van der Waals surface area (Å²) in [6.07, 6.45) is 1.56. The summed E-state index contributed by atoms with van der Waals surface area (Å²) in [5.41, 5.74) is 0. The van der Waals surface area contributed by atoms with Gasteiger partial charge in [-0.15, -0.1) is 11.3 Å². The van der Waals surface area contributed by atoms with Gasteiger partial charge in [0.1, 0.15) is 15.2 Å². The molecular weight excluding hydrogens is 256 g/mol. The highest BCUT2D eigenvalue weighted by Gasteiger charge is 2.27. The molecule has 0 aliphatic heterocycles. The molecule has 0 fully saturated rings. The predicted molar refractivity (Wildman–Crippen MR) is 68.4 cm³/mol. The molecule has 0 spiro atoms. The van der Waals surface area contributed by atoms with Crippen LogP contribution in [0, 0.1) is 11.3 Å². The first-order valence-corrected chi connectivity index (χ1v) is 7.71. The Morgan fingerprint density at radius 1 is 1.41 bits per heavy atom. The molecule has 0 aliphatic rings. The highest BCUT2D eigenvalue weighted by atomic mass is 32.2. The van der Waals surface area contributed by atoms with Crippen molar-refractivity contribution in [2.75, 3.05) is 7.05 Å². The van der Waals surface area contributed by atoms with Crippen LogP contribution < -0.4 is 0 Å². The van der Waals surface area contributed by atoms with Crippen molar-refractivity contribution in [1.29, 1.82) is 5.26 Å². The van der Waals surface area contributed by atoms with Crippen molar-refractivity contribution in [3.05, 3.63) is 17.0 Å². The first-order chi connectivity index (χ1) is 7.97. The van der Waals surface area contributed by atoms with Crippen LogP contribution in [0.1, 0.15) is 31.6 Å². The Morgan fingerprint density at radius 3 is 2.41 bits per heavy atom. The van der Waals surface area contributed by atoms with E-state index in [0.717, 1.165) is 24.2 Å². The minimum absolute atomic E-state index is 0.00707. The van der Waals surface area contributed by atoms with Crippen molar-refractivity contribution >= 4 is 21.4 Å².